The van der Waals surface area contributed by atoms with Crippen LogP contribution in [-0.2, 0) is 11.2 Å². The van der Waals surface area contributed by atoms with Crippen molar-refractivity contribution in [2.45, 2.75) is 44.6 Å². The number of fused-ring (bicyclic) bond motifs is 1. The zero-order chi connectivity index (χ0) is 17.8. The molecule has 0 radical (unpaired) electrons. The highest BCUT2D eigenvalue weighted by molar-refractivity contribution is 5.55. The van der Waals surface area contributed by atoms with Crippen molar-refractivity contribution in [1.82, 2.24) is 15.2 Å². The summed E-state index contributed by atoms with van der Waals surface area (Å²) in [5.41, 5.74) is 1.29. The molecule has 3 heterocycles. The van der Waals surface area contributed by atoms with Crippen molar-refractivity contribution in [2.24, 2.45) is 5.92 Å². The molecular formula is C20H30N4O2. The van der Waals surface area contributed by atoms with Gasteiger partial charge in [0, 0.05) is 50.4 Å². The van der Waals surface area contributed by atoms with Gasteiger partial charge in [-0.2, -0.15) is 0 Å². The molecule has 1 aromatic rings. The number of pyridine rings is 1. The van der Waals surface area contributed by atoms with Crippen LogP contribution in [-0.4, -0.2) is 61.7 Å². The van der Waals surface area contributed by atoms with E-state index in [1.807, 2.05) is 12.3 Å². The van der Waals surface area contributed by atoms with Crippen LogP contribution in [0.1, 0.15) is 37.7 Å². The Morgan fingerprint density at radius 3 is 2.77 bits per heavy atom. The monoisotopic (exact) mass is 358 g/mol. The summed E-state index contributed by atoms with van der Waals surface area (Å²) in [5.74, 6) is 2.99. The number of hydrogen-bond acceptors (Lipinski definition) is 5. The number of amides is 1. The average molecular weight is 358 g/mol. The molecule has 0 atom stereocenters. The second-order valence-corrected chi connectivity index (χ2v) is 7.83. The van der Waals surface area contributed by atoms with E-state index in [2.05, 4.69) is 20.1 Å². The van der Waals surface area contributed by atoms with Crippen LogP contribution in [0.4, 0.5) is 5.82 Å². The SMILES string of the molecule is O=CNC1CCC(CCN2CCN(c3nccc4c3CCO4)CC2)CC1. The lowest BCUT2D eigenvalue weighted by molar-refractivity contribution is -0.110. The fourth-order valence-electron chi connectivity index (χ4n) is 4.63. The van der Waals surface area contributed by atoms with Crippen LogP contribution in [0.3, 0.4) is 0 Å². The molecule has 0 spiro atoms. The fourth-order valence-corrected chi connectivity index (χ4v) is 4.63. The molecule has 1 aromatic heterocycles. The minimum absolute atomic E-state index is 0.413. The highest BCUT2D eigenvalue weighted by atomic mass is 16.5. The van der Waals surface area contributed by atoms with Gasteiger partial charge in [0.25, 0.3) is 0 Å². The van der Waals surface area contributed by atoms with Crippen molar-refractivity contribution in [1.29, 1.82) is 0 Å². The maximum atomic E-state index is 10.5. The number of aromatic nitrogens is 1. The van der Waals surface area contributed by atoms with Gasteiger partial charge in [0.1, 0.15) is 11.6 Å². The third kappa shape index (κ3) is 3.95. The summed E-state index contributed by atoms with van der Waals surface area (Å²) in [7, 11) is 0. The van der Waals surface area contributed by atoms with Crippen LogP contribution in [0.15, 0.2) is 12.3 Å². The second kappa shape index (κ2) is 8.25. The Morgan fingerprint density at radius 2 is 2.00 bits per heavy atom. The van der Waals surface area contributed by atoms with Gasteiger partial charge in [0.2, 0.25) is 6.41 Å². The van der Waals surface area contributed by atoms with Gasteiger partial charge in [-0.25, -0.2) is 4.98 Å². The molecule has 2 aliphatic heterocycles. The van der Waals surface area contributed by atoms with Crippen LogP contribution < -0.4 is 15.0 Å². The summed E-state index contributed by atoms with van der Waals surface area (Å²) in [6.07, 6.45) is 9.81. The standard InChI is InChI=1S/C20H30N4O2/c25-15-22-17-3-1-16(2-4-17)6-9-23-10-12-24(13-11-23)20-18-7-14-26-19(18)5-8-21-20/h5,8,15-17H,1-4,6-7,9-14H2,(H,22,25). The van der Waals surface area contributed by atoms with Gasteiger partial charge < -0.3 is 15.0 Å². The Labute approximate surface area is 155 Å². The third-order valence-electron chi connectivity index (χ3n) is 6.28. The fraction of sp³-hybridized carbons (Fsp3) is 0.700. The summed E-state index contributed by atoms with van der Waals surface area (Å²) in [6.45, 7) is 6.34. The van der Waals surface area contributed by atoms with Gasteiger partial charge in [0.05, 0.1) is 6.61 Å². The lowest BCUT2D eigenvalue weighted by atomic mass is 9.84. The van der Waals surface area contributed by atoms with E-state index < -0.39 is 0 Å². The van der Waals surface area contributed by atoms with E-state index in [4.69, 9.17) is 4.74 Å². The molecule has 1 saturated heterocycles. The lowest BCUT2D eigenvalue weighted by Crippen LogP contribution is -2.47. The molecule has 1 amide bonds. The molecule has 26 heavy (non-hydrogen) atoms. The van der Waals surface area contributed by atoms with E-state index in [1.165, 1.54) is 31.4 Å². The smallest absolute Gasteiger partial charge is 0.207 e. The molecule has 2 fully saturated rings. The Morgan fingerprint density at radius 1 is 1.19 bits per heavy atom. The highest BCUT2D eigenvalue weighted by Crippen LogP contribution is 2.32. The number of nitrogens with zero attached hydrogens (tertiary/aromatic N) is 3. The molecule has 0 bridgehead atoms. The molecule has 4 rings (SSSR count). The molecule has 1 aliphatic carbocycles. The van der Waals surface area contributed by atoms with Crippen LogP contribution in [0.2, 0.25) is 0 Å². The van der Waals surface area contributed by atoms with Crippen molar-refractivity contribution >= 4 is 12.2 Å². The maximum absolute atomic E-state index is 10.5. The van der Waals surface area contributed by atoms with E-state index in [0.29, 0.717) is 6.04 Å². The zero-order valence-electron chi connectivity index (χ0n) is 15.5. The molecular weight excluding hydrogens is 328 g/mol. The first-order valence-electron chi connectivity index (χ1n) is 10.1. The van der Waals surface area contributed by atoms with Crippen molar-refractivity contribution in [3.8, 4) is 5.75 Å². The van der Waals surface area contributed by atoms with E-state index in [0.717, 1.165) is 75.9 Å². The highest BCUT2D eigenvalue weighted by Gasteiger charge is 2.25. The molecule has 0 aromatic carbocycles. The second-order valence-electron chi connectivity index (χ2n) is 7.83. The summed E-state index contributed by atoms with van der Waals surface area (Å²) < 4.78 is 5.68. The number of hydrogen-bond donors (Lipinski definition) is 1. The number of rotatable bonds is 6. The van der Waals surface area contributed by atoms with E-state index in [9.17, 15) is 4.79 Å². The number of piperazine rings is 1. The maximum Gasteiger partial charge on any atom is 0.207 e. The number of nitrogens with one attached hydrogen (secondary N) is 1. The lowest BCUT2D eigenvalue weighted by Gasteiger charge is -2.37. The Kier molecular flexibility index (Phi) is 5.58. The Hall–Kier alpha value is -1.82. The summed E-state index contributed by atoms with van der Waals surface area (Å²) in [5, 5.41) is 2.94. The zero-order valence-corrected chi connectivity index (χ0v) is 15.5. The predicted molar refractivity (Wildman–Crippen MR) is 102 cm³/mol. The Balaban J connectivity index is 1.21. The first-order valence-corrected chi connectivity index (χ1v) is 10.1. The number of ether oxygens (including phenoxy) is 1. The van der Waals surface area contributed by atoms with Crippen LogP contribution in [0.25, 0.3) is 0 Å². The van der Waals surface area contributed by atoms with Crippen molar-refractivity contribution < 1.29 is 9.53 Å². The number of anilines is 1. The molecule has 6 heteroatoms. The van der Waals surface area contributed by atoms with E-state index in [-0.39, 0.29) is 0 Å². The third-order valence-corrected chi connectivity index (χ3v) is 6.28. The number of carbonyl (C=O) groups excluding carboxylic acids is 1. The molecule has 6 nitrogen and oxygen atoms in total. The van der Waals surface area contributed by atoms with Gasteiger partial charge in [-0.1, -0.05) is 0 Å². The van der Waals surface area contributed by atoms with Gasteiger partial charge >= 0.3 is 0 Å². The summed E-state index contributed by atoms with van der Waals surface area (Å²) in [4.78, 5) is 20.2. The van der Waals surface area contributed by atoms with Crippen LogP contribution >= 0.6 is 0 Å². The van der Waals surface area contributed by atoms with Crippen molar-refractivity contribution in [2.75, 3.05) is 44.2 Å². The normalized spacial score (nSPS) is 26.2. The largest absolute Gasteiger partial charge is 0.493 e. The number of carbonyl (C=O) groups is 1. The van der Waals surface area contributed by atoms with Crippen molar-refractivity contribution in [3.05, 3.63) is 17.8 Å². The molecule has 0 unspecified atom stereocenters. The molecule has 1 N–H and O–H groups in total. The molecule has 1 saturated carbocycles. The van der Waals surface area contributed by atoms with Crippen molar-refractivity contribution in [3.63, 3.8) is 0 Å². The predicted octanol–water partition coefficient (Wildman–Crippen LogP) is 1.83. The Bertz CT molecular complexity index is 608. The molecule has 142 valence electrons. The molecule has 3 aliphatic rings. The average Bonchev–Trinajstić information content (AvgIpc) is 3.17. The minimum Gasteiger partial charge on any atom is -0.493 e. The van der Waals surface area contributed by atoms with E-state index >= 15 is 0 Å². The summed E-state index contributed by atoms with van der Waals surface area (Å²) >= 11 is 0. The topological polar surface area (TPSA) is 57.7 Å². The van der Waals surface area contributed by atoms with Crippen LogP contribution in [0.5, 0.6) is 5.75 Å². The quantitative estimate of drug-likeness (QED) is 0.787. The van der Waals surface area contributed by atoms with Gasteiger partial charge in [-0.15, -0.1) is 0 Å². The first kappa shape index (κ1) is 17.6. The first-order chi connectivity index (χ1) is 12.8. The van der Waals surface area contributed by atoms with E-state index in [1.54, 1.807) is 0 Å². The van der Waals surface area contributed by atoms with Crippen LogP contribution in [0, 0.1) is 5.92 Å². The van der Waals surface area contributed by atoms with Gasteiger partial charge in [0.15, 0.2) is 0 Å². The minimum atomic E-state index is 0.413. The van der Waals surface area contributed by atoms with Gasteiger partial charge in [-0.3, -0.25) is 9.69 Å². The summed E-state index contributed by atoms with van der Waals surface area (Å²) in [6, 6.07) is 2.40. The van der Waals surface area contributed by atoms with Gasteiger partial charge in [-0.05, 0) is 50.6 Å².